The third kappa shape index (κ3) is 13.6. The zero-order valence-corrected chi connectivity index (χ0v) is 23.3. The molecule has 0 bridgehead atoms. The number of carboxylic acid groups (broad SMARTS) is 2. The molecule has 0 fully saturated rings. The Labute approximate surface area is 230 Å². The Morgan fingerprint density at radius 3 is 1.77 bits per heavy atom. The first kappa shape index (κ1) is 35.9. The van der Waals surface area contributed by atoms with Crippen LogP contribution < -0.4 is 22.8 Å². The summed E-state index contributed by atoms with van der Waals surface area (Å²) >= 11 is 0. The smallest absolute Gasteiger partial charge is 0.323 e. The molecule has 0 aliphatic carbocycles. The number of carboxylic acids is 2. The lowest BCUT2D eigenvalue weighted by molar-refractivity contribution is -0.160. The lowest BCUT2D eigenvalue weighted by Gasteiger charge is -2.22. The van der Waals surface area contributed by atoms with Gasteiger partial charge in [0, 0.05) is 13.8 Å². The summed E-state index contributed by atoms with van der Waals surface area (Å²) in [6.45, 7) is 8.77. The highest BCUT2D eigenvalue weighted by Gasteiger charge is 2.24. The number of rotatable bonds is 11. The number of nitrogen functional groups attached to an aromatic ring is 1. The van der Waals surface area contributed by atoms with Crippen LogP contribution >= 0.6 is 0 Å². The maximum Gasteiger partial charge on any atom is 0.323 e. The fourth-order valence-corrected chi connectivity index (χ4v) is 2.48. The molecular weight excluding hydrogens is 534 g/mol. The second-order valence-electron chi connectivity index (χ2n) is 9.09. The lowest BCUT2D eigenvalue weighted by atomic mass is 10.1. The number of hydrogen-bond donors (Lipinski definition) is 6. The molecule has 2 rings (SSSR count). The van der Waals surface area contributed by atoms with E-state index < -0.39 is 47.6 Å². The molecule has 0 saturated heterocycles. The summed E-state index contributed by atoms with van der Waals surface area (Å²) in [6, 6.07) is -1.60. The highest BCUT2D eigenvalue weighted by Crippen LogP contribution is 2.09. The van der Waals surface area contributed by atoms with E-state index in [1.54, 1.807) is 27.7 Å². The van der Waals surface area contributed by atoms with E-state index in [0.29, 0.717) is 0 Å². The van der Waals surface area contributed by atoms with Crippen LogP contribution in [0.15, 0.2) is 11.1 Å². The van der Waals surface area contributed by atoms with Crippen LogP contribution in [0.25, 0.3) is 11.2 Å². The van der Waals surface area contributed by atoms with Gasteiger partial charge in [-0.25, -0.2) is 4.98 Å². The first-order valence-electron chi connectivity index (χ1n) is 12.0. The van der Waals surface area contributed by atoms with Crippen LogP contribution in [0, 0.1) is 11.8 Å². The van der Waals surface area contributed by atoms with Gasteiger partial charge in [0.1, 0.15) is 38.1 Å². The van der Waals surface area contributed by atoms with Crippen molar-refractivity contribution < 1.29 is 43.6 Å². The van der Waals surface area contributed by atoms with Crippen molar-refractivity contribution >= 4 is 41.0 Å². The second kappa shape index (κ2) is 17.5. The number of carbonyl (C=O) groups excluding carboxylic acids is 2. The topological polar surface area (TPSA) is 278 Å². The van der Waals surface area contributed by atoms with Crippen LogP contribution in [-0.2, 0) is 40.1 Å². The number of nitrogens with one attached hydrogen (secondary N) is 1. The average molecular weight is 574 g/mol. The van der Waals surface area contributed by atoms with Gasteiger partial charge in [-0.3, -0.25) is 33.5 Å². The van der Waals surface area contributed by atoms with Crippen LogP contribution in [0.2, 0.25) is 0 Å². The third-order valence-corrected chi connectivity index (χ3v) is 4.75. The van der Waals surface area contributed by atoms with Crippen molar-refractivity contribution in [2.75, 3.05) is 18.9 Å². The molecule has 0 spiro atoms. The maximum atomic E-state index is 12.1. The molecule has 2 atom stereocenters. The monoisotopic (exact) mass is 573 g/mol. The SMILES string of the molecule is CC(=O)O.CC(=O)O.CC(C)[C@H](N)C(=O)OCC(COC(=O)[C@@H](N)C(C)C)OCn1cnc2c(=O)[nH]c(N)nc21. The number of imidazole rings is 1. The number of aliphatic carboxylic acids is 2. The van der Waals surface area contributed by atoms with Crippen molar-refractivity contribution in [3.05, 3.63) is 16.7 Å². The molecule has 226 valence electrons. The van der Waals surface area contributed by atoms with Gasteiger partial charge < -0.3 is 41.6 Å². The first-order chi connectivity index (χ1) is 18.5. The van der Waals surface area contributed by atoms with Crippen molar-refractivity contribution in [3.8, 4) is 0 Å². The number of carbonyl (C=O) groups is 4. The molecular formula is C23H39N7O10. The normalized spacial score (nSPS) is 12.2. The fraction of sp³-hybridized carbons (Fsp3) is 0.609. The molecule has 0 saturated carbocycles. The molecule has 0 radical (unpaired) electrons. The van der Waals surface area contributed by atoms with E-state index >= 15 is 0 Å². The Morgan fingerprint density at radius 1 is 0.950 bits per heavy atom. The number of nitrogens with two attached hydrogens (primary N) is 3. The number of hydrogen-bond acceptors (Lipinski definition) is 13. The number of fused-ring (bicyclic) bond motifs is 1. The Hall–Kier alpha value is -4.09. The fourth-order valence-electron chi connectivity index (χ4n) is 2.48. The van der Waals surface area contributed by atoms with Crippen molar-refractivity contribution in [2.24, 2.45) is 23.3 Å². The van der Waals surface area contributed by atoms with Gasteiger partial charge in [0.25, 0.3) is 17.5 Å². The standard InChI is InChI=1S/C19H31N7O6.2C2H4O2/c1-9(2)12(20)17(28)30-5-11(6-31-18(29)13(21)10(3)4)32-8-26-7-23-14-15(26)24-19(22)25-16(14)27;2*1-2(3)4/h7,9-13H,5-6,8,20-21H2,1-4H3,(H3,22,24,25,27);2*1H3,(H,3,4)/t12-,13-;;/m0../s1. The summed E-state index contributed by atoms with van der Waals surface area (Å²) in [5, 5.41) is 14.8. The number of anilines is 1. The van der Waals surface area contributed by atoms with Crippen LogP contribution in [0.3, 0.4) is 0 Å². The summed E-state index contributed by atoms with van der Waals surface area (Å²) in [4.78, 5) is 64.5. The number of H-pyrrole nitrogens is 1. The minimum atomic E-state index is -0.835. The van der Waals surface area contributed by atoms with E-state index in [2.05, 4.69) is 15.0 Å². The highest BCUT2D eigenvalue weighted by atomic mass is 16.6. The lowest BCUT2D eigenvalue weighted by Crippen LogP contribution is -2.41. The summed E-state index contributed by atoms with van der Waals surface area (Å²) < 4.78 is 17.7. The molecule has 2 aromatic heterocycles. The minimum Gasteiger partial charge on any atom is -0.481 e. The molecule has 2 aromatic rings. The number of ether oxygens (including phenoxy) is 3. The van der Waals surface area contributed by atoms with Crippen molar-refractivity contribution in [2.45, 2.75) is 66.5 Å². The molecule has 0 aliphatic heterocycles. The van der Waals surface area contributed by atoms with Gasteiger partial charge in [0.15, 0.2) is 11.2 Å². The largest absolute Gasteiger partial charge is 0.481 e. The predicted molar refractivity (Wildman–Crippen MR) is 142 cm³/mol. The molecule has 2 heterocycles. The predicted octanol–water partition coefficient (Wildman–Crippen LogP) is -0.721. The quantitative estimate of drug-likeness (QED) is 0.181. The molecule has 0 aromatic carbocycles. The zero-order chi connectivity index (χ0) is 31.2. The highest BCUT2D eigenvalue weighted by molar-refractivity contribution is 5.76. The van der Waals surface area contributed by atoms with Crippen LogP contribution in [0.5, 0.6) is 0 Å². The molecule has 9 N–H and O–H groups in total. The number of esters is 2. The van der Waals surface area contributed by atoms with E-state index in [-0.39, 0.29) is 48.9 Å². The van der Waals surface area contributed by atoms with Crippen LogP contribution in [0.1, 0.15) is 41.5 Å². The van der Waals surface area contributed by atoms with Gasteiger partial charge in [0.2, 0.25) is 5.95 Å². The van der Waals surface area contributed by atoms with E-state index in [1.165, 1.54) is 10.9 Å². The van der Waals surface area contributed by atoms with E-state index in [4.69, 9.17) is 51.2 Å². The van der Waals surface area contributed by atoms with Crippen molar-refractivity contribution in [1.29, 1.82) is 0 Å². The number of aromatic amines is 1. The van der Waals surface area contributed by atoms with Crippen molar-refractivity contribution in [3.63, 3.8) is 0 Å². The van der Waals surface area contributed by atoms with E-state index in [0.717, 1.165) is 13.8 Å². The average Bonchev–Trinajstić information content (AvgIpc) is 3.24. The molecule has 17 heteroatoms. The van der Waals surface area contributed by atoms with Crippen LogP contribution in [-0.4, -0.2) is 85.0 Å². The van der Waals surface area contributed by atoms with Gasteiger partial charge in [0.05, 0.1) is 6.33 Å². The van der Waals surface area contributed by atoms with Gasteiger partial charge in [-0.1, -0.05) is 27.7 Å². The molecule has 0 aliphatic rings. The Kier molecular flexibility index (Phi) is 15.7. The van der Waals surface area contributed by atoms with Crippen molar-refractivity contribution in [1.82, 2.24) is 19.5 Å². The summed E-state index contributed by atoms with van der Waals surface area (Å²) in [5.74, 6) is -3.18. The maximum absolute atomic E-state index is 12.1. The zero-order valence-electron chi connectivity index (χ0n) is 23.3. The molecule has 40 heavy (non-hydrogen) atoms. The Morgan fingerprint density at radius 2 is 1.38 bits per heavy atom. The molecule has 17 nitrogen and oxygen atoms in total. The van der Waals surface area contributed by atoms with Gasteiger partial charge in [-0.15, -0.1) is 0 Å². The first-order valence-corrected chi connectivity index (χ1v) is 12.0. The van der Waals surface area contributed by atoms with Gasteiger partial charge in [-0.2, -0.15) is 4.98 Å². The second-order valence-corrected chi connectivity index (χ2v) is 9.09. The minimum absolute atomic E-state index is 0.0750. The van der Waals surface area contributed by atoms with Crippen LogP contribution in [0.4, 0.5) is 5.95 Å². The van der Waals surface area contributed by atoms with E-state index in [9.17, 15) is 14.4 Å². The Balaban J connectivity index is 0.00000167. The molecule has 0 amide bonds. The summed E-state index contributed by atoms with van der Waals surface area (Å²) in [6.07, 6.45) is 0.517. The van der Waals surface area contributed by atoms with E-state index in [1.807, 2.05) is 0 Å². The van der Waals surface area contributed by atoms with Gasteiger partial charge >= 0.3 is 11.9 Å². The summed E-state index contributed by atoms with van der Waals surface area (Å²) in [7, 11) is 0. The summed E-state index contributed by atoms with van der Waals surface area (Å²) in [5.41, 5.74) is 17.0. The number of nitrogens with zero attached hydrogens (tertiary/aromatic N) is 3. The number of aromatic nitrogens is 4. The van der Waals surface area contributed by atoms with Gasteiger partial charge in [-0.05, 0) is 11.8 Å². The molecule has 0 unspecified atom stereocenters. The Bertz CT molecular complexity index is 1130. The third-order valence-electron chi connectivity index (χ3n) is 4.75.